The summed E-state index contributed by atoms with van der Waals surface area (Å²) in [6.07, 6.45) is 0. The topological polar surface area (TPSA) is 24.5 Å². The molecule has 1 aromatic carbocycles. The predicted octanol–water partition coefficient (Wildman–Crippen LogP) is 2.63. The van der Waals surface area contributed by atoms with E-state index in [1.807, 2.05) is 51.2 Å². The van der Waals surface area contributed by atoms with Gasteiger partial charge in [-0.05, 0) is 25.7 Å². The maximum atomic E-state index is 5.66. The monoisotopic (exact) mass is 252 g/mol. The average Bonchev–Trinajstić information content (AvgIpc) is 2.46. The fourth-order valence-corrected chi connectivity index (χ4v) is 1.51. The van der Waals surface area contributed by atoms with Gasteiger partial charge in [0, 0.05) is 19.6 Å². The molecule has 0 radical (unpaired) electrons. The lowest BCUT2D eigenvalue weighted by Crippen LogP contribution is -2.33. The SMILES string of the molecule is CC.CCN(CCNC)CCOc1ccccc1. The van der Waals surface area contributed by atoms with E-state index in [4.69, 9.17) is 4.74 Å². The number of ether oxygens (including phenoxy) is 1. The fourth-order valence-electron chi connectivity index (χ4n) is 1.51. The summed E-state index contributed by atoms with van der Waals surface area (Å²) in [6, 6.07) is 9.97. The Balaban J connectivity index is 0.00000137. The van der Waals surface area contributed by atoms with Gasteiger partial charge < -0.3 is 10.1 Å². The van der Waals surface area contributed by atoms with Crippen molar-refractivity contribution in [1.29, 1.82) is 0 Å². The van der Waals surface area contributed by atoms with Crippen molar-refractivity contribution in [1.82, 2.24) is 10.2 Å². The summed E-state index contributed by atoms with van der Waals surface area (Å²) in [5, 5.41) is 3.16. The van der Waals surface area contributed by atoms with Gasteiger partial charge in [-0.1, -0.05) is 39.0 Å². The number of benzene rings is 1. The van der Waals surface area contributed by atoms with Crippen molar-refractivity contribution >= 4 is 0 Å². The Morgan fingerprint density at radius 1 is 1.11 bits per heavy atom. The first-order chi connectivity index (χ1) is 8.86. The zero-order valence-electron chi connectivity index (χ0n) is 12.3. The lowest BCUT2D eigenvalue weighted by Gasteiger charge is -2.20. The van der Waals surface area contributed by atoms with E-state index in [0.717, 1.165) is 38.5 Å². The van der Waals surface area contributed by atoms with Crippen molar-refractivity contribution in [3.8, 4) is 5.75 Å². The van der Waals surface area contributed by atoms with Crippen molar-refractivity contribution < 1.29 is 4.74 Å². The van der Waals surface area contributed by atoms with Crippen LogP contribution in [0.5, 0.6) is 5.75 Å². The lowest BCUT2D eigenvalue weighted by molar-refractivity contribution is 0.217. The first-order valence-electron chi connectivity index (χ1n) is 6.91. The minimum atomic E-state index is 0.752. The van der Waals surface area contributed by atoms with Gasteiger partial charge in [0.15, 0.2) is 0 Å². The summed E-state index contributed by atoms with van der Waals surface area (Å²) < 4.78 is 5.66. The van der Waals surface area contributed by atoms with Crippen molar-refractivity contribution in [2.45, 2.75) is 20.8 Å². The highest BCUT2D eigenvalue weighted by Gasteiger charge is 2.01. The lowest BCUT2D eigenvalue weighted by atomic mass is 10.3. The summed E-state index contributed by atoms with van der Waals surface area (Å²) in [6.45, 7) is 11.1. The van der Waals surface area contributed by atoms with Gasteiger partial charge in [0.05, 0.1) is 0 Å². The third kappa shape index (κ3) is 8.09. The average molecular weight is 252 g/mol. The van der Waals surface area contributed by atoms with Crippen molar-refractivity contribution in [2.75, 3.05) is 39.8 Å². The number of nitrogens with zero attached hydrogens (tertiary/aromatic N) is 1. The molecule has 18 heavy (non-hydrogen) atoms. The van der Waals surface area contributed by atoms with Crippen LogP contribution in [0.2, 0.25) is 0 Å². The van der Waals surface area contributed by atoms with Crippen LogP contribution in [0.15, 0.2) is 30.3 Å². The van der Waals surface area contributed by atoms with Gasteiger partial charge in [-0.25, -0.2) is 0 Å². The summed E-state index contributed by atoms with van der Waals surface area (Å²) in [5.41, 5.74) is 0. The molecular formula is C15H28N2O. The number of nitrogens with one attached hydrogen (secondary N) is 1. The van der Waals surface area contributed by atoms with Gasteiger partial charge in [-0.2, -0.15) is 0 Å². The molecule has 0 spiro atoms. The largest absolute Gasteiger partial charge is 0.492 e. The third-order valence-corrected chi connectivity index (χ3v) is 2.54. The molecule has 0 saturated heterocycles. The molecule has 1 aromatic rings. The van der Waals surface area contributed by atoms with Crippen molar-refractivity contribution in [2.24, 2.45) is 0 Å². The maximum Gasteiger partial charge on any atom is 0.119 e. The van der Waals surface area contributed by atoms with Crippen molar-refractivity contribution in [3.63, 3.8) is 0 Å². The van der Waals surface area contributed by atoms with E-state index in [0.29, 0.717) is 0 Å². The number of likely N-dealkylation sites (N-methyl/N-ethyl adjacent to an activating group) is 2. The zero-order valence-corrected chi connectivity index (χ0v) is 12.3. The Kier molecular flexibility index (Phi) is 11.7. The van der Waals surface area contributed by atoms with Crippen LogP contribution in [-0.4, -0.2) is 44.7 Å². The molecule has 0 bridgehead atoms. The molecule has 104 valence electrons. The van der Waals surface area contributed by atoms with Crippen LogP contribution in [0.1, 0.15) is 20.8 Å². The van der Waals surface area contributed by atoms with Crippen LogP contribution in [0.25, 0.3) is 0 Å². The Labute approximate surface area is 112 Å². The maximum absolute atomic E-state index is 5.66. The number of hydrogen-bond donors (Lipinski definition) is 1. The van der Waals surface area contributed by atoms with Crippen LogP contribution >= 0.6 is 0 Å². The van der Waals surface area contributed by atoms with Crippen LogP contribution in [0.4, 0.5) is 0 Å². The third-order valence-electron chi connectivity index (χ3n) is 2.54. The van der Waals surface area contributed by atoms with Crippen LogP contribution in [-0.2, 0) is 0 Å². The second-order valence-corrected chi connectivity index (χ2v) is 3.70. The van der Waals surface area contributed by atoms with E-state index >= 15 is 0 Å². The van der Waals surface area contributed by atoms with E-state index in [1.54, 1.807) is 0 Å². The quantitative estimate of drug-likeness (QED) is 0.770. The molecule has 0 aromatic heterocycles. The van der Waals surface area contributed by atoms with Gasteiger partial charge >= 0.3 is 0 Å². The minimum Gasteiger partial charge on any atom is -0.492 e. The standard InChI is InChI=1S/C13H22N2O.C2H6/c1-3-15(10-9-14-2)11-12-16-13-7-5-4-6-8-13;1-2/h4-8,14H,3,9-12H2,1-2H3;1-2H3. The molecule has 0 aliphatic heterocycles. The van der Waals surface area contributed by atoms with Gasteiger partial charge in [0.1, 0.15) is 12.4 Å². The predicted molar refractivity (Wildman–Crippen MR) is 79.3 cm³/mol. The smallest absolute Gasteiger partial charge is 0.119 e. The number of hydrogen-bond acceptors (Lipinski definition) is 3. The Morgan fingerprint density at radius 2 is 1.78 bits per heavy atom. The summed E-state index contributed by atoms with van der Waals surface area (Å²) in [5.74, 6) is 0.951. The van der Waals surface area contributed by atoms with Gasteiger partial charge in [-0.15, -0.1) is 0 Å². The normalized spacial score (nSPS) is 9.83. The van der Waals surface area contributed by atoms with E-state index in [-0.39, 0.29) is 0 Å². The fraction of sp³-hybridized carbons (Fsp3) is 0.600. The summed E-state index contributed by atoms with van der Waals surface area (Å²) in [4.78, 5) is 2.37. The van der Waals surface area contributed by atoms with Crippen LogP contribution < -0.4 is 10.1 Å². The molecule has 0 atom stereocenters. The number of para-hydroxylation sites is 1. The minimum absolute atomic E-state index is 0.752. The van der Waals surface area contributed by atoms with E-state index in [1.165, 1.54) is 0 Å². The second-order valence-electron chi connectivity index (χ2n) is 3.70. The van der Waals surface area contributed by atoms with E-state index in [2.05, 4.69) is 17.1 Å². The summed E-state index contributed by atoms with van der Waals surface area (Å²) in [7, 11) is 1.98. The molecule has 1 rings (SSSR count). The Hall–Kier alpha value is -1.06. The first-order valence-corrected chi connectivity index (χ1v) is 6.91. The molecule has 0 heterocycles. The molecule has 0 saturated carbocycles. The molecule has 1 N–H and O–H groups in total. The highest BCUT2D eigenvalue weighted by molar-refractivity contribution is 5.20. The van der Waals surface area contributed by atoms with E-state index in [9.17, 15) is 0 Å². The molecule has 3 heteroatoms. The Morgan fingerprint density at radius 3 is 2.33 bits per heavy atom. The highest BCUT2D eigenvalue weighted by atomic mass is 16.5. The van der Waals surface area contributed by atoms with Gasteiger partial charge in [-0.3, -0.25) is 4.90 Å². The molecular weight excluding hydrogens is 224 g/mol. The molecule has 0 unspecified atom stereocenters. The Bertz CT molecular complexity index is 264. The van der Waals surface area contributed by atoms with Crippen molar-refractivity contribution in [3.05, 3.63) is 30.3 Å². The van der Waals surface area contributed by atoms with Gasteiger partial charge in [0.25, 0.3) is 0 Å². The first kappa shape index (κ1) is 16.9. The van der Waals surface area contributed by atoms with Crippen LogP contribution in [0, 0.1) is 0 Å². The molecule has 0 amide bonds. The highest BCUT2D eigenvalue weighted by Crippen LogP contribution is 2.07. The number of rotatable bonds is 8. The summed E-state index contributed by atoms with van der Waals surface area (Å²) >= 11 is 0. The molecule has 3 nitrogen and oxygen atoms in total. The molecule has 0 aliphatic rings. The second kappa shape index (κ2) is 12.4. The van der Waals surface area contributed by atoms with E-state index < -0.39 is 0 Å². The van der Waals surface area contributed by atoms with Crippen LogP contribution in [0.3, 0.4) is 0 Å². The zero-order chi connectivity index (χ0) is 13.6. The molecule has 0 aliphatic carbocycles. The molecule has 0 fully saturated rings. The van der Waals surface area contributed by atoms with Gasteiger partial charge in [0.2, 0.25) is 0 Å².